The summed E-state index contributed by atoms with van der Waals surface area (Å²) >= 11 is 0. The molecule has 1 saturated carbocycles. The summed E-state index contributed by atoms with van der Waals surface area (Å²) in [6.07, 6.45) is 7.55. The summed E-state index contributed by atoms with van der Waals surface area (Å²) in [5, 5.41) is 0. The molecular weight excluding hydrogens is 208 g/mol. The normalized spacial score (nSPS) is 15.5. The van der Waals surface area contributed by atoms with Gasteiger partial charge in [-0.3, -0.25) is 4.98 Å². The molecule has 1 heterocycles. The van der Waals surface area contributed by atoms with Gasteiger partial charge in [0.2, 0.25) is 0 Å². The van der Waals surface area contributed by atoms with E-state index in [9.17, 15) is 0 Å². The number of hydrogen-bond donors (Lipinski definition) is 1. The van der Waals surface area contributed by atoms with Crippen LogP contribution in [0.1, 0.15) is 30.7 Å². The minimum Gasteiger partial charge on any atom is -0.397 e. The van der Waals surface area contributed by atoms with Gasteiger partial charge < -0.3 is 5.73 Å². The molecule has 1 aliphatic carbocycles. The Bertz CT molecular complexity index is 513. The summed E-state index contributed by atoms with van der Waals surface area (Å²) in [4.78, 5) is 4.01. The summed E-state index contributed by atoms with van der Waals surface area (Å²) in [5.74, 6) is 0.791. The minimum atomic E-state index is 0.740. The van der Waals surface area contributed by atoms with Gasteiger partial charge in [-0.1, -0.05) is 30.7 Å². The Morgan fingerprint density at radius 3 is 2.41 bits per heavy atom. The molecular formula is C15H16N2. The fraction of sp³-hybridized carbons (Fsp3) is 0.267. The monoisotopic (exact) mass is 224 g/mol. The van der Waals surface area contributed by atoms with Crippen molar-refractivity contribution < 1.29 is 0 Å². The van der Waals surface area contributed by atoms with Crippen molar-refractivity contribution in [3.63, 3.8) is 0 Å². The largest absolute Gasteiger partial charge is 0.397 e. The highest BCUT2D eigenvalue weighted by atomic mass is 14.7. The quantitative estimate of drug-likeness (QED) is 0.846. The predicted octanol–water partition coefficient (Wildman–Crippen LogP) is 3.60. The van der Waals surface area contributed by atoms with Crippen molar-refractivity contribution in [3.8, 4) is 11.1 Å². The summed E-state index contributed by atoms with van der Waals surface area (Å²) < 4.78 is 0. The van der Waals surface area contributed by atoms with Crippen LogP contribution in [-0.4, -0.2) is 4.98 Å². The standard InChI is InChI=1S/C15H16N2/c16-15-10-17-9-8-14(15)13-6-4-12(5-7-13)11-2-1-3-11/h4-11H,1-3,16H2. The number of rotatable bonds is 2. The van der Waals surface area contributed by atoms with E-state index in [0.717, 1.165) is 17.2 Å². The maximum Gasteiger partial charge on any atom is 0.0580 e. The molecule has 0 aliphatic heterocycles. The molecule has 17 heavy (non-hydrogen) atoms. The number of aromatic nitrogens is 1. The van der Waals surface area contributed by atoms with Crippen LogP contribution in [0.5, 0.6) is 0 Å². The second-order valence-electron chi connectivity index (χ2n) is 4.71. The Morgan fingerprint density at radius 1 is 1.06 bits per heavy atom. The fourth-order valence-corrected chi connectivity index (χ4v) is 2.35. The van der Waals surface area contributed by atoms with Crippen molar-refractivity contribution in [2.75, 3.05) is 5.73 Å². The smallest absolute Gasteiger partial charge is 0.0580 e. The lowest BCUT2D eigenvalue weighted by atomic mass is 9.80. The van der Waals surface area contributed by atoms with Gasteiger partial charge >= 0.3 is 0 Å². The number of pyridine rings is 1. The number of nitrogens with zero attached hydrogens (tertiary/aromatic N) is 1. The minimum absolute atomic E-state index is 0.740. The van der Waals surface area contributed by atoms with Gasteiger partial charge in [-0.25, -0.2) is 0 Å². The van der Waals surface area contributed by atoms with E-state index in [0.29, 0.717) is 0 Å². The molecule has 1 aromatic heterocycles. The SMILES string of the molecule is Nc1cnccc1-c1ccc(C2CCC2)cc1. The predicted molar refractivity (Wildman–Crippen MR) is 70.7 cm³/mol. The summed E-state index contributed by atoms with van der Waals surface area (Å²) in [7, 11) is 0. The number of nitrogen functional groups attached to an aromatic ring is 1. The van der Waals surface area contributed by atoms with Crippen LogP contribution < -0.4 is 5.73 Å². The molecule has 0 bridgehead atoms. The second-order valence-corrected chi connectivity index (χ2v) is 4.71. The van der Waals surface area contributed by atoms with Crippen molar-refractivity contribution in [3.05, 3.63) is 48.3 Å². The Labute approximate surface area is 102 Å². The Hall–Kier alpha value is -1.83. The first kappa shape index (κ1) is 10.3. The van der Waals surface area contributed by atoms with Crippen molar-refractivity contribution in [2.24, 2.45) is 0 Å². The third kappa shape index (κ3) is 1.91. The van der Waals surface area contributed by atoms with Gasteiger partial charge in [-0.15, -0.1) is 0 Å². The molecule has 0 saturated heterocycles. The topological polar surface area (TPSA) is 38.9 Å². The van der Waals surface area contributed by atoms with Gasteiger partial charge in [-0.2, -0.15) is 0 Å². The van der Waals surface area contributed by atoms with Crippen molar-refractivity contribution >= 4 is 5.69 Å². The van der Waals surface area contributed by atoms with Crippen LogP contribution in [0.25, 0.3) is 11.1 Å². The molecule has 0 atom stereocenters. The average Bonchev–Trinajstić information content (AvgIpc) is 2.29. The van der Waals surface area contributed by atoms with Crippen LogP contribution in [0.4, 0.5) is 5.69 Å². The van der Waals surface area contributed by atoms with Crippen molar-refractivity contribution in [1.29, 1.82) is 0 Å². The molecule has 2 nitrogen and oxygen atoms in total. The Kier molecular flexibility index (Phi) is 2.56. The van der Waals surface area contributed by atoms with Gasteiger partial charge in [0, 0.05) is 11.8 Å². The molecule has 86 valence electrons. The lowest BCUT2D eigenvalue weighted by Gasteiger charge is -2.25. The molecule has 0 unspecified atom stereocenters. The molecule has 1 fully saturated rings. The summed E-state index contributed by atoms with van der Waals surface area (Å²) in [6, 6.07) is 10.8. The molecule has 2 heteroatoms. The van der Waals surface area contributed by atoms with E-state index in [1.54, 1.807) is 12.4 Å². The van der Waals surface area contributed by atoms with Crippen molar-refractivity contribution in [1.82, 2.24) is 4.98 Å². The van der Waals surface area contributed by atoms with Crippen LogP contribution in [0.2, 0.25) is 0 Å². The maximum absolute atomic E-state index is 5.93. The first-order valence-corrected chi connectivity index (χ1v) is 6.14. The molecule has 0 radical (unpaired) electrons. The van der Waals surface area contributed by atoms with E-state index in [4.69, 9.17) is 5.73 Å². The number of anilines is 1. The number of benzene rings is 1. The van der Waals surface area contributed by atoms with Gasteiger partial charge in [0.25, 0.3) is 0 Å². The highest BCUT2D eigenvalue weighted by molar-refractivity contribution is 5.75. The second kappa shape index (κ2) is 4.21. The van der Waals surface area contributed by atoms with Crippen LogP contribution >= 0.6 is 0 Å². The Balaban J connectivity index is 1.91. The maximum atomic E-state index is 5.93. The van der Waals surface area contributed by atoms with Gasteiger partial charge in [-0.05, 0) is 36.0 Å². The van der Waals surface area contributed by atoms with Gasteiger partial charge in [0.15, 0.2) is 0 Å². The molecule has 0 amide bonds. The molecule has 2 aromatic rings. The summed E-state index contributed by atoms with van der Waals surface area (Å²) in [5.41, 5.74) is 10.4. The molecule has 0 spiro atoms. The van der Waals surface area contributed by atoms with Crippen LogP contribution in [0.3, 0.4) is 0 Å². The van der Waals surface area contributed by atoms with E-state index >= 15 is 0 Å². The van der Waals surface area contributed by atoms with E-state index in [1.807, 2.05) is 6.07 Å². The van der Waals surface area contributed by atoms with Gasteiger partial charge in [0.1, 0.15) is 0 Å². The summed E-state index contributed by atoms with van der Waals surface area (Å²) in [6.45, 7) is 0. The highest BCUT2D eigenvalue weighted by Crippen LogP contribution is 2.37. The van der Waals surface area contributed by atoms with Crippen LogP contribution in [0, 0.1) is 0 Å². The fourth-order valence-electron chi connectivity index (χ4n) is 2.35. The van der Waals surface area contributed by atoms with Crippen molar-refractivity contribution in [2.45, 2.75) is 25.2 Å². The molecule has 2 N–H and O–H groups in total. The molecule has 1 aliphatic rings. The van der Waals surface area contributed by atoms with E-state index in [-0.39, 0.29) is 0 Å². The van der Waals surface area contributed by atoms with E-state index in [2.05, 4.69) is 29.2 Å². The molecule has 1 aromatic carbocycles. The zero-order valence-corrected chi connectivity index (χ0v) is 9.76. The zero-order chi connectivity index (χ0) is 11.7. The number of hydrogen-bond acceptors (Lipinski definition) is 2. The third-order valence-corrected chi connectivity index (χ3v) is 3.65. The Morgan fingerprint density at radius 2 is 1.82 bits per heavy atom. The average molecular weight is 224 g/mol. The lowest BCUT2D eigenvalue weighted by molar-refractivity contribution is 0.420. The number of nitrogens with two attached hydrogens (primary N) is 1. The van der Waals surface area contributed by atoms with Crippen LogP contribution in [-0.2, 0) is 0 Å². The first-order valence-electron chi connectivity index (χ1n) is 6.14. The van der Waals surface area contributed by atoms with Crippen LogP contribution in [0.15, 0.2) is 42.7 Å². The van der Waals surface area contributed by atoms with E-state index in [1.165, 1.54) is 30.4 Å². The first-order chi connectivity index (χ1) is 8.34. The third-order valence-electron chi connectivity index (χ3n) is 3.65. The van der Waals surface area contributed by atoms with E-state index < -0.39 is 0 Å². The highest BCUT2D eigenvalue weighted by Gasteiger charge is 2.19. The van der Waals surface area contributed by atoms with Gasteiger partial charge in [0.05, 0.1) is 11.9 Å². The molecule has 3 rings (SSSR count). The lowest BCUT2D eigenvalue weighted by Crippen LogP contribution is -2.08. The zero-order valence-electron chi connectivity index (χ0n) is 9.76.